The summed E-state index contributed by atoms with van der Waals surface area (Å²) < 4.78 is 0. The number of nitrogens with one attached hydrogen (secondary N) is 1. The van der Waals surface area contributed by atoms with Crippen LogP contribution in [0, 0.1) is 57.7 Å². The fourth-order valence-corrected chi connectivity index (χ4v) is 9.59. The van der Waals surface area contributed by atoms with Crippen molar-refractivity contribution in [2.75, 3.05) is 0 Å². The van der Waals surface area contributed by atoms with Crippen LogP contribution in [0.1, 0.15) is 117 Å². The minimum Gasteiger partial charge on any atom is -0.393 e. The molecule has 40 heavy (non-hydrogen) atoms. The van der Waals surface area contributed by atoms with Crippen molar-refractivity contribution < 1.29 is 9.90 Å². The number of benzene rings is 1. The monoisotopic (exact) mass is 546 g/mol. The minimum atomic E-state index is -0.538. The molecular formula is C36H54N2O2. The van der Waals surface area contributed by atoms with Gasteiger partial charge < -0.3 is 10.4 Å². The highest BCUT2D eigenvalue weighted by Gasteiger charge is 2.59. The smallest absolute Gasteiger partial charge is 0.208 e. The lowest BCUT2D eigenvalue weighted by atomic mass is 9.47. The molecule has 1 aromatic carbocycles. The standard InChI is InChI=1S/C27H46O.C9H8N2O/c1-18(2)7-6-8-19(3)23-11-12-24-22-10-9-20-17-21(28)13-15-26(20,4)25(22)14-16-27(23,24)5;10-6-9(11-7-12)8-4-2-1-3-5-8/h9,18-19,21-25,28H,6-8,10-17H2,1-5H3;1-5,7,9H,(H,11,12)/t19?,21-,22-,23+,24-,25-,26-,27+;/m0./s1. The molecule has 0 saturated heterocycles. The van der Waals surface area contributed by atoms with Crippen LogP contribution in [0.2, 0.25) is 0 Å². The van der Waals surface area contributed by atoms with Gasteiger partial charge in [0.15, 0.2) is 0 Å². The molecule has 220 valence electrons. The zero-order valence-electron chi connectivity index (χ0n) is 25.7. The molecule has 1 aromatic rings. The van der Waals surface area contributed by atoms with E-state index in [0.717, 1.165) is 53.9 Å². The Morgan fingerprint density at radius 1 is 1.05 bits per heavy atom. The van der Waals surface area contributed by atoms with Gasteiger partial charge in [0.25, 0.3) is 0 Å². The Morgan fingerprint density at radius 3 is 2.48 bits per heavy atom. The van der Waals surface area contributed by atoms with Crippen molar-refractivity contribution in [3.05, 3.63) is 47.5 Å². The summed E-state index contributed by atoms with van der Waals surface area (Å²) in [4.78, 5) is 10.1. The molecule has 4 aliphatic carbocycles. The van der Waals surface area contributed by atoms with Crippen LogP contribution in [0.25, 0.3) is 0 Å². The van der Waals surface area contributed by atoms with Crippen LogP contribution >= 0.6 is 0 Å². The van der Waals surface area contributed by atoms with E-state index in [2.05, 4.69) is 46.0 Å². The lowest BCUT2D eigenvalue weighted by molar-refractivity contribution is -0.109. The van der Waals surface area contributed by atoms with E-state index < -0.39 is 6.04 Å². The second kappa shape index (κ2) is 13.2. The van der Waals surface area contributed by atoms with Crippen molar-refractivity contribution >= 4 is 6.41 Å². The Kier molecular flexibility index (Phi) is 10.2. The highest BCUT2D eigenvalue weighted by molar-refractivity contribution is 5.49. The molecule has 0 heterocycles. The second-order valence-electron chi connectivity index (χ2n) is 14.4. The third-order valence-electron chi connectivity index (χ3n) is 11.8. The maximum absolute atomic E-state index is 10.2. The third kappa shape index (κ3) is 6.35. The van der Waals surface area contributed by atoms with Crippen molar-refractivity contribution in [2.45, 2.75) is 117 Å². The SMILES string of the molecule is CC(C)CCCC(C)[C@H]1CC[C@H]2[C@@H]3CC=C4C[C@@H](O)CC[C@]4(C)[C@H]3CC[C@]12C.N#CC(NC=O)c1ccccc1. The summed E-state index contributed by atoms with van der Waals surface area (Å²) in [7, 11) is 0. The van der Waals surface area contributed by atoms with E-state index in [0.29, 0.717) is 17.2 Å². The summed E-state index contributed by atoms with van der Waals surface area (Å²) in [5.74, 6) is 5.46. The van der Waals surface area contributed by atoms with Gasteiger partial charge in [0, 0.05) is 0 Å². The molecule has 4 aliphatic rings. The Labute approximate surface area is 244 Å². The molecule has 0 aliphatic heterocycles. The van der Waals surface area contributed by atoms with Gasteiger partial charge in [-0.15, -0.1) is 0 Å². The molecule has 4 nitrogen and oxygen atoms in total. The highest BCUT2D eigenvalue weighted by atomic mass is 16.3. The Morgan fingerprint density at radius 2 is 1.80 bits per heavy atom. The quantitative estimate of drug-likeness (QED) is 0.254. The van der Waals surface area contributed by atoms with Crippen LogP contribution in [-0.4, -0.2) is 17.6 Å². The number of nitriles is 1. The summed E-state index contributed by atoms with van der Waals surface area (Å²) in [5.41, 5.74) is 3.40. The lowest BCUT2D eigenvalue weighted by Gasteiger charge is -2.58. The van der Waals surface area contributed by atoms with Crippen molar-refractivity contribution in [1.82, 2.24) is 5.32 Å². The first-order valence-corrected chi connectivity index (χ1v) is 16.2. The van der Waals surface area contributed by atoms with Crippen LogP contribution in [0.5, 0.6) is 0 Å². The molecule has 9 atom stereocenters. The fourth-order valence-electron chi connectivity index (χ4n) is 9.59. The summed E-state index contributed by atoms with van der Waals surface area (Å²) in [5, 5.41) is 21.3. The molecule has 3 saturated carbocycles. The molecule has 3 fully saturated rings. The maximum Gasteiger partial charge on any atom is 0.208 e. The summed E-state index contributed by atoms with van der Waals surface area (Å²) >= 11 is 0. The number of aliphatic hydroxyl groups excluding tert-OH is 1. The van der Waals surface area contributed by atoms with Crippen LogP contribution in [-0.2, 0) is 4.79 Å². The van der Waals surface area contributed by atoms with Gasteiger partial charge in [-0.1, -0.05) is 95.9 Å². The van der Waals surface area contributed by atoms with E-state index in [9.17, 15) is 9.90 Å². The van der Waals surface area contributed by atoms with Gasteiger partial charge in [-0.3, -0.25) is 4.79 Å². The van der Waals surface area contributed by atoms with Crippen molar-refractivity contribution in [1.29, 1.82) is 5.26 Å². The Bertz CT molecular complexity index is 1040. The number of rotatable bonds is 8. The first-order chi connectivity index (χ1) is 19.1. The Hall–Kier alpha value is -2.12. The molecule has 5 rings (SSSR count). The van der Waals surface area contributed by atoms with Crippen LogP contribution in [0.3, 0.4) is 0 Å². The van der Waals surface area contributed by atoms with Gasteiger partial charge in [0.1, 0.15) is 6.04 Å². The third-order valence-corrected chi connectivity index (χ3v) is 11.8. The van der Waals surface area contributed by atoms with Gasteiger partial charge in [0.05, 0.1) is 12.2 Å². The number of carbonyl (C=O) groups is 1. The number of fused-ring (bicyclic) bond motifs is 5. The predicted octanol–water partition coefficient (Wildman–Crippen LogP) is 8.39. The molecule has 2 unspecified atom stereocenters. The van der Waals surface area contributed by atoms with Gasteiger partial charge >= 0.3 is 0 Å². The van der Waals surface area contributed by atoms with Crippen molar-refractivity contribution in [3.8, 4) is 6.07 Å². The predicted molar refractivity (Wildman–Crippen MR) is 163 cm³/mol. The van der Waals surface area contributed by atoms with Crippen molar-refractivity contribution in [3.63, 3.8) is 0 Å². The average Bonchev–Trinajstić information content (AvgIpc) is 3.30. The maximum atomic E-state index is 10.2. The van der Waals surface area contributed by atoms with Gasteiger partial charge in [0.2, 0.25) is 6.41 Å². The minimum absolute atomic E-state index is 0.0766. The van der Waals surface area contributed by atoms with E-state index in [4.69, 9.17) is 5.26 Å². The van der Waals surface area contributed by atoms with Crippen LogP contribution in [0.4, 0.5) is 0 Å². The zero-order valence-corrected chi connectivity index (χ0v) is 25.7. The number of aliphatic hydroxyl groups is 1. The topological polar surface area (TPSA) is 73.1 Å². The van der Waals surface area contributed by atoms with Crippen molar-refractivity contribution in [2.24, 2.45) is 46.3 Å². The van der Waals surface area contributed by atoms with Gasteiger partial charge in [-0.25, -0.2) is 0 Å². The lowest BCUT2D eigenvalue weighted by Crippen LogP contribution is -2.50. The van der Waals surface area contributed by atoms with E-state index in [1.807, 2.05) is 24.3 Å². The molecule has 0 bridgehead atoms. The largest absolute Gasteiger partial charge is 0.393 e. The zero-order chi connectivity index (χ0) is 28.9. The normalized spacial score (nSPS) is 36.0. The number of amides is 1. The molecule has 0 aromatic heterocycles. The molecule has 1 amide bonds. The number of hydrogen-bond acceptors (Lipinski definition) is 3. The van der Waals surface area contributed by atoms with E-state index in [-0.39, 0.29) is 6.10 Å². The molecular weight excluding hydrogens is 492 g/mol. The van der Waals surface area contributed by atoms with E-state index in [1.165, 1.54) is 57.8 Å². The fraction of sp³-hybridized carbons (Fsp3) is 0.722. The first-order valence-electron chi connectivity index (χ1n) is 16.2. The van der Waals surface area contributed by atoms with E-state index in [1.54, 1.807) is 17.7 Å². The summed E-state index contributed by atoms with van der Waals surface area (Å²) in [6, 6.07) is 10.5. The van der Waals surface area contributed by atoms with Crippen LogP contribution < -0.4 is 5.32 Å². The summed E-state index contributed by atoms with van der Waals surface area (Å²) in [6.45, 7) is 12.6. The molecule has 4 heteroatoms. The van der Waals surface area contributed by atoms with Crippen LogP contribution in [0.15, 0.2) is 42.0 Å². The highest BCUT2D eigenvalue weighted by Crippen LogP contribution is 2.67. The molecule has 0 radical (unpaired) electrons. The second-order valence-corrected chi connectivity index (χ2v) is 14.4. The Balaban J connectivity index is 0.000000259. The summed E-state index contributed by atoms with van der Waals surface area (Å²) in [6.07, 6.45) is 17.7. The number of nitrogens with zero attached hydrogens (tertiary/aromatic N) is 1. The van der Waals surface area contributed by atoms with Gasteiger partial charge in [-0.05, 0) is 103 Å². The molecule has 0 spiro atoms. The first kappa shape index (κ1) is 30.8. The number of allylic oxidation sites excluding steroid dienone is 1. The number of carbonyl (C=O) groups excluding carboxylic acids is 1. The molecule has 2 N–H and O–H groups in total. The average molecular weight is 547 g/mol. The van der Waals surface area contributed by atoms with E-state index >= 15 is 0 Å². The van der Waals surface area contributed by atoms with Gasteiger partial charge in [-0.2, -0.15) is 5.26 Å². The number of hydrogen-bond donors (Lipinski definition) is 2.